The van der Waals surface area contributed by atoms with Gasteiger partial charge in [-0.3, -0.25) is 14.9 Å². The first kappa shape index (κ1) is 15.3. The van der Waals surface area contributed by atoms with Crippen LogP contribution in [0, 0.1) is 5.92 Å². The van der Waals surface area contributed by atoms with Gasteiger partial charge in [0.25, 0.3) is 5.91 Å². The molecular weight excluding hydrogens is 302 g/mol. The maximum absolute atomic E-state index is 12.8. The van der Waals surface area contributed by atoms with Crippen LogP contribution in [0.4, 0.5) is 0 Å². The number of hydrogen-bond acceptors (Lipinski definition) is 4. The molecule has 2 aliphatic carbocycles. The number of aromatic nitrogens is 3. The molecule has 24 heavy (non-hydrogen) atoms. The Kier molecular flexibility index (Phi) is 3.84. The minimum Gasteiger partial charge on any atom is -0.344 e. The van der Waals surface area contributed by atoms with Crippen LogP contribution in [0.5, 0.6) is 0 Å². The Bertz CT molecular complexity index is 739. The standard InChI is InChI=1S/C18H23N5O/c1-23(2)7-5-15(11-4-3-6-19-10-11)20-18(24)17-14-9-12-8-13(12)16(14)21-22-17/h3-4,6,10,12-13,15H,5,7-9H2,1-2H3,(H,20,24)(H,21,22)/t12-,13-,15?/m1/s1. The Morgan fingerprint density at radius 2 is 2.38 bits per heavy atom. The molecule has 2 heterocycles. The largest absolute Gasteiger partial charge is 0.344 e. The van der Waals surface area contributed by atoms with Crippen molar-refractivity contribution in [1.29, 1.82) is 0 Å². The summed E-state index contributed by atoms with van der Waals surface area (Å²) in [5.41, 5.74) is 3.93. The molecule has 1 fully saturated rings. The van der Waals surface area contributed by atoms with Crippen molar-refractivity contribution in [1.82, 2.24) is 25.4 Å². The van der Waals surface area contributed by atoms with Crippen molar-refractivity contribution in [2.24, 2.45) is 5.92 Å². The Morgan fingerprint density at radius 3 is 3.12 bits per heavy atom. The molecular formula is C18H23N5O. The smallest absolute Gasteiger partial charge is 0.272 e. The summed E-state index contributed by atoms with van der Waals surface area (Å²) in [6, 6.07) is 3.86. The summed E-state index contributed by atoms with van der Waals surface area (Å²) in [5, 5.41) is 10.5. The van der Waals surface area contributed by atoms with Gasteiger partial charge < -0.3 is 10.2 Å². The number of fused-ring (bicyclic) bond motifs is 3. The molecule has 4 rings (SSSR count). The second kappa shape index (κ2) is 6.02. The van der Waals surface area contributed by atoms with E-state index in [9.17, 15) is 4.79 Å². The van der Waals surface area contributed by atoms with Gasteiger partial charge in [-0.1, -0.05) is 6.07 Å². The summed E-state index contributed by atoms with van der Waals surface area (Å²) in [4.78, 5) is 19.1. The van der Waals surface area contributed by atoms with Gasteiger partial charge in [-0.2, -0.15) is 5.10 Å². The van der Waals surface area contributed by atoms with Crippen molar-refractivity contribution in [3.63, 3.8) is 0 Å². The predicted octanol–water partition coefficient (Wildman–Crippen LogP) is 1.89. The van der Waals surface area contributed by atoms with Crippen molar-refractivity contribution in [2.45, 2.75) is 31.2 Å². The molecule has 0 spiro atoms. The lowest BCUT2D eigenvalue weighted by Crippen LogP contribution is -2.31. The van der Waals surface area contributed by atoms with E-state index < -0.39 is 0 Å². The van der Waals surface area contributed by atoms with Gasteiger partial charge in [-0.25, -0.2) is 0 Å². The van der Waals surface area contributed by atoms with Crippen LogP contribution in [-0.4, -0.2) is 46.6 Å². The molecule has 1 saturated carbocycles. The summed E-state index contributed by atoms with van der Waals surface area (Å²) in [7, 11) is 4.07. The third-order valence-corrected chi connectivity index (χ3v) is 5.13. The summed E-state index contributed by atoms with van der Waals surface area (Å²) < 4.78 is 0. The van der Waals surface area contributed by atoms with Gasteiger partial charge in [0.15, 0.2) is 5.69 Å². The summed E-state index contributed by atoms with van der Waals surface area (Å²) in [5.74, 6) is 1.28. The number of nitrogens with zero attached hydrogens (tertiary/aromatic N) is 3. The van der Waals surface area contributed by atoms with E-state index in [2.05, 4.69) is 25.4 Å². The molecule has 0 aromatic carbocycles. The Balaban J connectivity index is 1.51. The van der Waals surface area contributed by atoms with Crippen LogP contribution in [0.2, 0.25) is 0 Å². The Labute approximate surface area is 141 Å². The first-order chi connectivity index (χ1) is 11.6. The number of amides is 1. The van der Waals surface area contributed by atoms with Crippen LogP contribution in [0.1, 0.15) is 52.1 Å². The second-order valence-corrected chi connectivity index (χ2v) is 7.18. The highest BCUT2D eigenvalue weighted by Crippen LogP contribution is 2.56. The molecule has 0 aliphatic heterocycles. The van der Waals surface area contributed by atoms with Crippen LogP contribution in [0.25, 0.3) is 0 Å². The van der Waals surface area contributed by atoms with E-state index >= 15 is 0 Å². The molecule has 6 heteroatoms. The van der Waals surface area contributed by atoms with Gasteiger partial charge in [0.2, 0.25) is 0 Å². The number of nitrogens with one attached hydrogen (secondary N) is 2. The van der Waals surface area contributed by atoms with Gasteiger partial charge in [0, 0.05) is 29.6 Å². The molecule has 126 valence electrons. The topological polar surface area (TPSA) is 73.9 Å². The minimum absolute atomic E-state index is 0.0584. The summed E-state index contributed by atoms with van der Waals surface area (Å²) in [6.07, 6.45) is 6.65. The zero-order valence-electron chi connectivity index (χ0n) is 14.1. The van der Waals surface area contributed by atoms with Crippen molar-refractivity contribution < 1.29 is 4.79 Å². The zero-order valence-corrected chi connectivity index (χ0v) is 14.1. The van der Waals surface area contributed by atoms with Crippen molar-refractivity contribution >= 4 is 5.91 Å². The molecule has 2 aromatic heterocycles. The fourth-order valence-corrected chi connectivity index (χ4v) is 3.69. The average molecular weight is 325 g/mol. The number of hydrogen-bond donors (Lipinski definition) is 2. The normalized spacial score (nSPS) is 22.1. The summed E-state index contributed by atoms with van der Waals surface area (Å²) >= 11 is 0. The van der Waals surface area contributed by atoms with Gasteiger partial charge in [0.05, 0.1) is 6.04 Å². The number of pyridine rings is 1. The molecule has 3 atom stereocenters. The molecule has 0 bridgehead atoms. The number of rotatable bonds is 6. The first-order valence-corrected chi connectivity index (χ1v) is 8.56. The lowest BCUT2D eigenvalue weighted by Gasteiger charge is -2.20. The molecule has 0 saturated heterocycles. The fourth-order valence-electron chi connectivity index (χ4n) is 3.69. The number of H-pyrrole nitrogens is 1. The van der Waals surface area contributed by atoms with E-state index in [1.165, 1.54) is 12.1 Å². The van der Waals surface area contributed by atoms with Crippen LogP contribution >= 0.6 is 0 Å². The minimum atomic E-state index is -0.0820. The third kappa shape index (κ3) is 2.82. The van der Waals surface area contributed by atoms with Gasteiger partial charge >= 0.3 is 0 Å². The Morgan fingerprint density at radius 1 is 1.50 bits per heavy atom. The molecule has 2 aliphatic rings. The van der Waals surface area contributed by atoms with Gasteiger partial charge in [-0.05, 0) is 57.5 Å². The second-order valence-electron chi connectivity index (χ2n) is 7.18. The molecule has 2 N–H and O–H groups in total. The van der Waals surface area contributed by atoms with E-state index in [0.717, 1.165) is 36.4 Å². The highest BCUT2D eigenvalue weighted by atomic mass is 16.2. The van der Waals surface area contributed by atoms with Crippen LogP contribution < -0.4 is 5.32 Å². The molecule has 6 nitrogen and oxygen atoms in total. The van der Waals surface area contributed by atoms with Gasteiger partial charge in [-0.15, -0.1) is 0 Å². The quantitative estimate of drug-likeness (QED) is 0.850. The molecule has 2 aromatic rings. The number of carbonyl (C=O) groups is 1. The van der Waals surface area contributed by atoms with E-state index in [0.29, 0.717) is 11.6 Å². The lowest BCUT2D eigenvalue weighted by molar-refractivity contribution is 0.0926. The molecule has 0 radical (unpaired) electrons. The first-order valence-electron chi connectivity index (χ1n) is 8.56. The SMILES string of the molecule is CN(C)CCC(NC(=O)c1n[nH]c2c1C[C@H]1C[C@@H]21)c1cccnc1. The Hall–Kier alpha value is -2.21. The zero-order chi connectivity index (χ0) is 16.7. The van der Waals surface area contributed by atoms with E-state index in [-0.39, 0.29) is 11.9 Å². The van der Waals surface area contributed by atoms with Crippen LogP contribution in [0.15, 0.2) is 24.5 Å². The van der Waals surface area contributed by atoms with E-state index in [4.69, 9.17) is 0 Å². The number of aromatic amines is 1. The maximum atomic E-state index is 12.8. The molecule has 1 amide bonds. The highest BCUT2D eigenvalue weighted by molar-refractivity contribution is 5.94. The highest BCUT2D eigenvalue weighted by Gasteiger charge is 2.48. The lowest BCUT2D eigenvalue weighted by atomic mass is 10.0. The fraction of sp³-hybridized carbons (Fsp3) is 0.500. The van der Waals surface area contributed by atoms with Gasteiger partial charge in [0.1, 0.15) is 0 Å². The maximum Gasteiger partial charge on any atom is 0.272 e. The van der Waals surface area contributed by atoms with Crippen LogP contribution in [-0.2, 0) is 6.42 Å². The van der Waals surface area contributed by atoms with E-state index in [1.807, 2.05) is 32.4 Å². The van der Waals surface area contributed by atoms with Crippen molar-refractivity contribution in [3.05, 3.63) is 47.0 Å². The molecule has 1 unspecified atom stereocenters. The van der Waals surface area contributed by atoms with E-state index in [1.54, 1.807) is 6.20 Å². The predicted molar refractivity (Wildman–Crippen MR) is 90.8 cm³/mol. The van der Waals surface area contributed by atoms with Crippen molar-refractivity contribution in [3.8, 4) is 0 Å². The average Bonchev–Trinajstić information content (AvgIpc) is 3.06. The van der Waals surface area contributed by atoms with Crippen molar-refractivity contribution in [2.75, 3.05) is 20.6 Å². The third-order valence-electron chi connectivity index (χ3n) is 5.13. The summed E-state index contributed by atoms with van der Waals surface area (Å²) in [6.45, 7) is 0.892. The number of carbonyl (C=O) groups excluding carboxylic acids is 1. The monoisotopic (exact) mass is 325 g/mol. The van der Waals surface area contributed by atoms with Crippen LogP contribution in [0.3, 0.4) is 0 Å².